The molecule has 0 aliphatic carbocycles. The normalized spacial score (nSPS) is 11.0. The molecule has 0 saturated carbocycles. The summed E-state index contributed by atoms with van der Waals surface area (Å²) in [6, 6.07) is 18.1. The van der Waals surface area contributed by atoms with E-state index in [2.05, 4.69) is 4.98 Å². The first-order valence-electron chi connectivity index (χ1n) is 9.55. The summed E-state index contributed by atoms with van der Waals surface area (Å²) in [7, 11) is 0. The van der Waals surface area contributed by atoms with Gasteiger partial charge in [0.05, 0.1) is 22.5 Å². The lowest BCUT2D eigenvalue weighted by atomic mass is 10.2. The van der Waals surface area contributed by atoms with Gasteiger partial charge >= 0.3 is 0 Å². The van der Waals surface area contributed by atoms with Crippen molar-refractivity contribution in [1.82, 2.24) is 9.97 Å². The topological polar surface area (TPSA) is 46.1 Å². The second-order valence-electron chi connectivity index (χ2n) is 6.77. The van der Waals surface area contributed by atoms with Crippen LogP contribution in [0.2, 0.25) is 0 Å². The van der Waals surface area contributed by atoms with Gasteiger partial charge in [-0.3, -0.25) is 14.7 Å². The van der Waals surface area contributed by atoms with Gasteiger partial charge < -0.3 is 0 Å². The van der Waals surface area contributed by atoms with Crippen molar-refractivity contribution >= 4 is 44.4 Å². The van der Waals surface area contributed by atoms with Crippen LogP contribution in [0.1, 0.15) is 17.7 Å². The molecule has 30 heavy (non-hydrogen) atoms. The number of carbonyl (C=O) groups excluding carboxylic acids is 1. The number of aryl methyl sites for hydroxylation is 1. The summed E-state index contributed by atoms with van der Waals surface area (Å²) in [6.45, 7) is 2.40. The number of halogens is 1. The lowest BCUT2D eigenvalue weighted by molar-refractivity contribution is -0.118. The maximum Gasteiger partial charge on any atom is 0.229 e. The number of amides is 1. The number of hydrogen-bond acceptors (Lipinski definition) is 5. The highest BCUT2D eigenvalue weighted by Gasteiger charge is 2.21. The standard InChI is InChI=1S/C23H20FN3OS2/c1-16-5-4-7-20-22(16)26-23(30-20)27(15-18-6-2-3-13-25-18)21(28)12-14-29-19-10-8-17(24)9-11-19/h2-11,13H,12,14-15H2,1H3. The first kappa shape index (κ1) is 20.5. The number of anilines is 1. The second kappa shape index (κ2) is 9.36. The number of fused-ring (bicyclic) bond motifs is 1. The predicted molar refractivity (Wildman–Crippen MR) is 122 cm³/mol. The second-order valence-corrected chi connectivity index (χ2v) is 8.95. The number of aromatic nitrogens is 2. The van der Waals surface area contributed by atoms with Crippen LogP contribution in [-0.2, 0) is 11.3 Å². The Morgan fingerprint density at radius 1 is 1.10 bits per heavy atom. The molecule has 0 atom stereocenters. The Morgan fingerprint density at radius 3 is 2.67 bits per heavy atom. The van der Waals surface area contributed by atoms with Gasteiger partial charge in [-0.15, -0.1) is 11.8 Å². The number of pyridine rings is 1. The van der Waals surface area contributed by atoms with Crippen molar-refractivity contribution in [3.63, 3.8) is 0 Å². The molecule has 152 valence electrons. The minimum absolute atomic E-state index is 0.00743. The van der Waals surface area contributed by atoms with E-state index in [1.54, 1.807) is 23.2 Å². The smallest absolute Gasteiger partial charge is 0.229 e. The number of thioether (sulfide) groups is 1. The summed E-state index contributed by atoms with van der Waals surface area (Å²) in [5, 5.41) is 0.682. The molecule has 0 fully saturated rings. The molecule has 0 N–H and O–H groups in total. The zero-order chi connectivity index (χ0) is 20.9. The molecule has 0 radical (unpaired) electrons. The monoisotopic (exact) mass is 437 g/mol. The highest BCUT2D eigenvalue weighted by Crippen LogP contribution is 2.32. The van der Waals surface area contributed by atoms with Crippen LogP contribution in [0.5, 0.6) is 0 Å². The van der Waals surface area contributed by atoms with Crippen LogP contribution < -0.4 is 4.90 Å². The zero-order valence-electron chi connectivity index (χ0n) is 16.4. The van der Waals surface area contributed by atoms with Gasteiger partial charge in [-0.25, -0.2) is 9.37 Å². The molecule has 0 spiro atoms. The van der Waals surface area contributed by atoms with Crippen molar-refractivity contribution in [2.45, 2.75) is 24.8 Å². The van der Waals surface area contributed by atoms with Crippen LogP contribution in [-0.4, -0.2) is 21.6 Å². The number of rotatable bonds is 7. The fourth-order valence-corrected chi connectivity index (χ4v) is 4.93. The minimum Gasteiger partial charge on any atom is -0.282 e. The molecule has 0 unspecified atom stereocenters. The Morgan fingerprint density at radius 2 is 1.93 bits per heavy atom. The van der Waals surface area contributed by atoms with Crippen molar-refractivity contribution in [2.75, 3.05) is 10.7 Å². The Hall–Kier alpha value is -2.77. The van der Waals surface area contributed by atoms with Gasteiger partial charge in [-0.2, -0.15) is 0 Å². The van der Waals surface area contributed by atoms with E-state index in [9.17, 15) is 9.18 Å². The lowest BCUT2D eigenvalue weighted by Crippen LogP contribution is -2.30. The lowest BCUT2D eigenvalue weighted by Gasteiger charge is -2.19. The van der Waals surface area contributed by atoms with E-state index in [-0.39, 0.29) is 11.7 Å². The molecule has 4 rings (SSSR count). The van der Waals surface area contributed by atoms with Crippen LogP contribution in [0, 0.1) is 12.7 Å². The highest BCUT2D eigenvalue weighted by molar-refractivity contribution is 7.99. The van der Waals surface area contributed by atoms with Gasteiger partial charge in [0.15, 0.2) is 5.13 Å². The maximum absolute atomic E-state index is 13.1. The van der Waals surface area contributed by atoms with E-state index in [1.165, 1.54) is 35.2 Å². The summed E-state index contributed by atoms with van der Waals surface area (Å²) in [4.78, 5) is 24.9. The van der Waals surface area contributed by atoms with Gasteiger partial charge in [-0.05, 0) is 55.0 Å². The van der Waals surface area contributed by atoms with Crippen molar-refractivity contribution in [2.24, 2.45) is 0 Å². The summed E-state index contributed by atoms with van der Waals surface area (Å²) in [5.74, 6) is 0.336. The van der Waals surface area contributed by atoms with E-state index in [0.717, 1.165) is 26.4 Å². The van der Waals surface area contributed by atoms with E-state index >= 15 is 0 Å². The number of thiazole rings is 1. The predicted octanol–water partition coefficient (Wildman–Crippen LogP) is 5.85. The fraction of sp³-hybridized carbons (Fsp3) is 0.174. The Bertz CT molecular complexity index is 1150. The number of nitrogens with zero attached hydrogens (tertiary/aromatic N) is 3. The summed E-state index contributed by atoms with van der Waals surface area (Å²) in [5.41, 5.74) is 2.83. The molecule has 1 amide bonds. The fourth-order valence-electron chi connectivity index (χ4n) is 3.03. The molecule has 2 aromatic heterocycles. The highest BCUT2D eigenvalue weighted by atomic mass is 32.2. The van der Waals surface area contributed by atoms with Crippen LogP contribution >= 0.6 is 23.1 Å². The third-order valence-corrected chi connectivity index (χ3v) is 6.64. The van der Waals surface area contributed by atoms with Crippen molar-refractivity contribution < 1.29 is 9.18 Å². The Balaban J connectivity index is 1.53. The van der Waals surface area contributed by atoms with E-state index < -0.39 is 0 Å². The van der Waals surface area contributed by atoms with Crippen LogP contribution in [0.25, 0.3) is 10.2 Å². The third kappa shape index (κ3) is 4.86. The van der Waals surface area contributed by atoms with E-state index in [1.807, 2.05) is 43.3 Å². The van der Waals surface area contributed by atoms with Gasteiger partial charge in [-0.1, -0.05) is 29.5 Å². The molecular weight excluding hydrogens is 417 g/mol. The van der Waals surface area contributed by atoms with Crippen LogP contribution in [0.15, 0.2) is 71.8 Å². The first-order valence-corrected chi connectivity index (χ1v) is 11.3. The molecule has 0 bridgehead atoms. The minimum atomic E-state index is -0.261. The summed E-state index contributed by atoms with van der Waals surface area (Å²) >= 11 is 3.05. The number of para-hydroxylation sites is 1. The molecule has 2 aromatic carbocycles. The quantitative estimate of drug-likeness (QED) is 0.340. The van der Waals surface area contributed by atoms with Crippen molar-refractivity contribution in [1.29, 1.82) is 0 Å². The zero-order valence-corrected chi connectivity index (χ0v) is 18.0. The SMILES string of the molecule is Cc1cccc2sc(N(Cc3ccccn3)C(=O)CCSc3ccc(F)cc3)nc12. The molecular formula is C23H20FN3OS2. The van der Waals surface area contributed by atoms with Crippen molar-refractivity contribution in [3.8, 4) is 0 Å². The number of benzene rings is 2. The molecule has 7 heteroatoms. The molecule has 4 nitrogen and oxygen atoms in total. The number of hydrogen-bond donors (Lipinski definition) is 0. The van der Waals surface area contributed by atoms with Crippen molar-refractivity contribution in [3.05, 3.63) is 83.9 Å². The summed E-state index contributed by atoms with van der Waals surface area (Å²) < 4.78 is 14.1. The van der Waals surface area contributed by atoms with Gasteiger partial charge in [0.1, 0.15) is 5.82 Å². The molecule has 4 aromatic rings. The summed E-state index contributed by atoms with van der Waals surface area (Å²) in [6.07, 6.45) is 2.08. The number of carbonyl (C=O) groups is 1. The average molecular weight is 438 g/mol. The molecule has 0 saturated heterocycles. The van der Waals surface area contributed by atoms with Crippen LogP contribution in [0.4, 0.5) is 9.52 Å². The maximum atomic E-state index is 13.1. The third-order valence-electron chi connectivity index (χ3n) is 4.59. The largest absolute Gasteiger partial charge is 0.282 e. The van der Waals surface area contributed by atoms with E-state index in [4.69, 9.17) is 4.98 Å². The van der Waals surface area contributed by atoms with E-state index in [0.29, 0.717) is 23.8 Å². The molecule has 0 aliphatic rings. The molecule has 2 heterocycles. The average Bonchev–Trinajstić information content (AvgIpc) is 3.19. The molecule has 0 aliphatic heterocycles. The Kier molecular flexibility index (Phi) is 6.40. The Labute approximate surface area is 182 Å². The van der Waals surface area contributed by atoms with Gasteiger partial charge in [0.2, 0.25) is 5.91 Å². The van der Waals surface area contributed by atoms with Crippen LogP contribution in [0.3, 0.4) is 0 Å². The van der Waals surface area contributed by atoms with Gasteiger partial charge in [0, 0.05) is 23.3 Å². The van der Waals surface area contributed by atoms with Gasteiger partial charge in [0.25, 0.3) is 0 Å². The first-order chi connectivity index (χ1) is 14.6.